The summed E-state index contributed by atoms with van der Waals surface area (Å²) in [7, 11) is 0. The van der Waals surface area contributed by atoms with E-state index in [0.717, 1.165) is 0 Å². The van der Waals surface area contributed by atoms with Gasteiger partial charge in [-0.2, -0.15) is 0 Å². The van der Waals surface area contributed by atoms with Gasteiger partial charge in [-0.15, -0.1) is 0 Å². The van der Waals surface area contributed by atoms with Crippen molar-refractivity contribution in [2.75, 3.05) is 6.54 Å². The number of halogens is 2. The monoisotopic (exact) mass is 455 g/mol. The lowest BCUT2D eigenvalue weighted by atomic mass is 9.95. The summed E-state index contributed by atoms with van der Waals surface area (Å²) >= 11 is 12.1. The van der Waals surface area contributed by atoms with Crippen molar-refractivity contribution in [1.29, 1.82) is 0 Å². The number of amides is 2. The number of carbonyl (C=O) groups is 2. The van der Waals surface area contributed by atoms with Gasteiger partial charge in [-0.25, -0.2) is 9.78 Å². The molecule has 0 aromatic carbocycles. The van der Waals surface area contributed by atoms with Crippen molar-refractivity contribution < 1.29 is 14.3 Å². The zero-order valence-electron chi connectivity index (χ0n) is 17.3. The highest BCUT2D eigenvalue weighted by Crippen LogP contribution is 2.29. The molecule has 11 heteroatoms. The molecule has 0 radical (unpaired) electrons. The first-order valence-electron chi connectivity index (χ1n) is 9.00. The first kappa shape index (κ1) is 23.6. The lowest BCUT2D eigenvalue weighted by molar-refractivity contribution is -0.109. The molecule has 0 bridgehead atoms. The largest absolute Gasteiger partial charge is 0.444 e. The van der Waals surface area contributed by atoms with Gasteiger partial charge >= 0.3 is 6.09 Å². The summed E-state index contributed by atoms with van der Waals surface area (Å²) in [6, 6.07) is -0.439. The fourth-order valence-electron chi connectivity index (χ4n) is 2.77. The van der Waals surface area contributed by atoms with Crippen molar-refractivity contribution in [3.05, 3.63) is 44.1 Å². The molecule has 1 unspecified atom stereocenters. The standard InChI is InChI=1S/C19H23Cl2N5O4/c1-9-10(2)23-16(25-18(29)30-19(4,5)6)13(12(9)7-22-8-27)26-11(3)14(20)24-15(21)17(26)28/h8,10H,1,7H2,2-6H3,(H,22,27)(H,23,25,29). The molecule has 2 heterocycles. The Morgan fingerprint density at radius 2 is 1.97 bits per heavy atom. The average Bonchev–Trinajstić information content (AvgIpc) is 2.61. The molecule has 0 aliphatic carbocycles. The van der Waals surface area contributed by atoms with E-state index in [1.54, 1.807) is 34.6 Å². The van der Waals surface area contributed by atoms with Crippen molar-refractivity contribution in [2.24, 2.45) is 4.99 Å². The van der Waals surface area contributed by atoms with E-state index in [0.29, 0.717) is 17.6 Å². The van der Waals surface area contributed by atoms with Crippen molar-refractivity contribution in [2.45, 2.75) is 46.3 Å². The Bertz CT molecular complexity index is 1020. The topological polar surface area (TPSA) is 115 Å². The van der Waals surface area contributed by atoms with Crippen LogP contribution in [0.15, 0.2) is 27.5 Å². The normalized spacial score (nSPS) is 16.8. The van der Waals surface area contributed by atoms with Crippen molar-refractivity contribution in [3.8, 4) is 0 Å². The van der Waals surface area contributed by atoms with Gasteiger partial charge in [0.05, 0.1) is 17.4 Å². The van der Waals surface area contributed by atoms with Crippen LogP contribution < -0.4 is 16.2 Å². The maximum absolute atomic E-state index is 12.9. The molecule has 9 nitrogen and oxygen atoms in total. The highest BCUT2D eigenvalue weighted by atomic mass is 35.5. The summed E-state index contributed by atoms with van der Waals surface area (Å²) in [6.45, 7) is 12.5. The average molecular weight is 456 g/mol. The second kappa shape index (κ2) is 9.01. The van der Waals surface area contributed by atoms with E-state index in [2.05, 4.69) is 27.2 Å². The Balaban J connectivity index is 2.75. The molecule has 162 valence electrons. The van der Waals surface area contributed by atoms with Crippen LogP contribution in [-0.4, -0.2) is 46.1 Å². The van der Waals surface area contributed by atoms with Crippen LogP contribution >= 0.6 is 23.2 Å². The van der Waals surface area contributed by atoms with Gasteiger partial charge in [-0.1, -0.05) is 29.8 Å². The molecular formula is C19H23Cl2N5O4. The number of hydrogen-bond donors (Lipinski definition) is 2. The quantitative estimate of drug-likeness (QED) is 0.677. The summed E-state index contributed by atoms with van der Waals surface area (Å²) < 4.78 is 6.50. The van der Waals surface area contributed by atoms with Gasteiger partial charge in [0, 0.05) is 12.1 Å². The fourth-order valence-corrected chi connectivity index (χ4v) is 3.16. The molecule has 1 atom stereocenters. The number of hydrogen-bond acceptors (Lipinski definition) is 6. The molecular weight excluding hydrogens is 433 g/mol. The highest BCUT2D eigenvalue weighted by molar-refractivity contribution is 6.33. The van der Waals surface area contributed by atoms with E-state index in [4.69, 9.17) is 27.9 Å². The number of nitrogens with zero attached hydrogens (tertiary/aromatic N) is 3. The van der Waals surface area contributed by atoms with Gasteiger partial charge in [0.1, 0.15) is 5.60 Å². The Morgan fingerprint density at radius 3 is 2.53 bits per heavy atom. The van der Waals surface area contributed by atoms with Crippen LogP contribution in [0, 0.1) is 6.92 Å². The third-order valence-corrected chi connectivity index (χ3v) is 4.74. The van der Waals surface area contributed by atoms with E-state index >= 15 is 0 Å². The third-order valence-electron chi connectivity index (χ3n) is 4.14. The lowest BCUT2D eigenvalue weighted by Gasteiger charge is -2.29. The molecule has 1 aromatic heterocycles. The lowest BCUT2D eigenvalue weighted by Crippen LogP contribution is -2.43. The Morgan fingerprint density at radius 1 is 1.33 bits per heavy atom. The van der Waals surface area contributed by atoms with E-state index < -0.39 is 23.3 Å². The van der Waals surface area contributed by atoms with E-state index in [-0.39, 0.29) is 34.1 Å². The van der Waals surface area contributed by atoms with Gasteiger partial charge in [0.15, 0.2) is 16.1 Å². The maximum atomic E-state index is 12.9. The van der Waals surface area contributed by atoms with Crippen LogP contribution in [0.2, 0.25) is 10.3 Å². The zero-order valence-corrected chi connectivity index (χ0v) is 18.8. The second-order valence-electron chi connectivity index (χ2n) is 7.55. The first-order valence-corrected chi connectivity index (χ1v) is 9.75. The fraction of sp³-hybridized carbons (Fsp3) is 0.421. The number of dihydropyridines is 1. The summed E-state index contributed by atoms with van der Waals surface area (Å²) in [5, 5.41) is 4.77. The Labute approximate surface area is 183 Å². The summed E-state index contributed by atoms with van der Waals surface area (Å²) in [5.74, 6) is 0.0513. The Kier molecular flexibility index (Phi) is 7.10. The van der Waals surface area contributed by atoms with Gasteiger partial charge < -0.3 is 10.1 Å². The van der Waals surface area contributed by atoms with E-state index in [1.165, 1.54) is 4.57 Å². The maximum Gasteiger partial charge on any atom is 0.413 e. The number of rotatable bonds is 4. The minimum absolute atomic E-state index is 0.00403. The van der Waals surface area contributed by atoms with Crippen LogP contribution in [0.3, 0.4) is 0 Å². The summed E-state index contributed by atoms with van der Waals surface area (Å²) in [4.78, 5) is 44.5. The van der Waals surface area contributed by atoms with Crippen LogP contribution in [0.1, 0.15) is 33.4 Å². The van der Waals surface area contributed by atoms with Crippen molar-refractivity contribution >= 4 is 47.2 Å². The molecule has 1 aromatic rings. The molecule has 0 saturated carbocycles. The molecule has 1 aliphatic heterocycles. The number of aliphatic imine (C=N–C) groups is 1. The smallest absolute Gasteiger partial charge is 0.413 e. The van der Waals surface area contributed by atoms with Crippen LogP contribution in [0.25, 0.3) is 5.70 Å². The highest BCUT2D eigenvalue weighted by Gasteiger charge is 2.31. The van der Waals surface area contributed by atoms with Gasteiger partial charge in [-0.3, -0.25) is 24.5 Å². The van der Waals surface area contributed by atoms with Crippen LogP contribution in [0.4, 0.5) is 4.79 Å². The van der Waals surface area contributed by atoms with Crippen LogP contribution in [0.5, 0.6) is 0 Å². The number of carbonyl (C=O) groups excluding carboxylic acids is 2. The molecule has 0 saturated heterocycles. The third kappa shape index (κ3) is 5.09. The number of alkyl carbamates (subject to hydrolysis) is 1. The van der Waals surface area contributed by atoms with Gasteiger partial charge in [-0.05, 0) is 40.2 Å². The first-order chi connectivity index (χ1) is 13.9. The molecule has 2 rings (SSSR count). The molecule has 2 N–H and O–H groups in total. The number of aromatic nitrogens is 2. The minimum atomic E-state index is -0.766. The number of nitrogens with one attached hydrogen (secondary N) is 2. The van der Waals surface area contributed by atoms with Gasteiger partial charge in [0.25, 0.3) is 5.56 Å². The zero-order chi connectivity index (χ0) is 22.8. The molecule has 1 aliphatic rings. The molecule has 0 spiro atoms. The van der Waals surface area contributed by atoms with Gasteiger partial charge in [0.2, 0.25) is 6.41 Å². The predicted octanol–water partition coefficient (Wildman–Crippen LogP) is 2.70. The van der Waals surface area contributed by atoms with Crippen molar-refractivity contribution in [1.82, 2.24) is 20.2 Å². The SMILES string of the molecule is C=C1C(CNC=O)=C(n2c(C)c(Cl)nc(Cl)c2=O)C(NC(=O)OC(C)(C)C)=NC1C. The molecule has 30 heavy (non-hydrogen) atoms. The van der Waals surface area contributed by atoms with E-state index in [9.17, 15) is 14.4 Å². The van der Waals surface area contributed by atoms with E-state index in [1.807, 2.05) is 0 Å². The molecule has 2 amide bonds. The van der Waals surface area contributed by atoms with Crippen molar-refractivity contribution in [3.63, 3.8) is 0 Å². The predicted molar refractivity (Wildman–Crippen MR) is 116 cm³/mol. The summed E-state index contributed by atoms with van der Waals surface area (Å²) in [5.41, 5.74) is 0.0376. The second-order valence-corrected chi connectivity index (χ2v) is 8.27. The molecule has 0 fully saturated rings. The number of amidine groups is 1. The minimum Gasteiger partial charge on any atom is -0.444 e. The van der Waals surface area contributed by atoms with Crippen LogP contribution in [-0.2, 0) is 9.53 Å². The number of ether oxygens (including phenoxy) is 1. The Hall–Kier alpha value is -2.65. The summed E-state index contributed by atoms with van der Waals surface area (Å²) in [6.07, 6.45) is -0.254.